The van der Waals surface area contributed by atoms with Gasteiger partial charge < -0.3 is 0 Å². The topological polar surface area (TPSA) is 92.3 Å². The van der Waals surface area contributed by atoms with Crippen LogP contribution < -0.4 is 5.32 Å². The van der Waals surface area contributed by atoms with Gasteiger partial charge in [-0.05, 0) is 31.6 Å². The molecular formula is C17H20N4O3S. The summed E-state index contributed by atoms with van der Waals surface area (Å²) >= 11 is 1.32. The van der Waals surface area contributed by atoms with E-state index in [1.807, 2.05) is 19.1 Å². The fourth-order valence-corrected chi connectivity index (χ4v) is 5.10. The van der Waals surface area contributed by atoms with Crippen LogP contribution in [0.2, 0.25) is 0 Å². The molecule has 0 radical (unpaired) electrons. The van der Waals surface area contributed by atoms with Crippen molar-refractivity contribution < 1.29 is 14.4 Å². The van der Waals surface area contributed by atoms with E-state index < -0.39 is 11.9 Å². The van der Waals surface area contributed by atoms with Crippen LogP contribution in [0.3, 0.4) is 0 Å². The summed E-state index contributed by atoms with van der Waals surface area (Å²) in [4.78, 5) is 39.2. The number of likely N-dealkylation sites (tertiary alicyclic amines) is 1. The average Bonchev–Trinajstić information content (AvgIpc) is 3.33. The Kier molecular flexibility index (Phi) is 3.94. The lowest BCUT2D eigenvalue weighted by Crippen LogP contribution is -2.46. The summed E-state index contributed by atoms with van der Waals surface area (Å²) in [6, 6.07) is -0.844. The van der Waals surface area contributed by atoms with E-state index in [2.05, 4.69) is 15.5 Å². The largest absolute Gasteiger partial charge is 0.299 e. The van der Waals surface area contributed by atoms with Crippen molar-refractivity contribution in [1.29, 1.82) is 0 Å². The Morgan fingerprint density at radius 2 is 1.92 bits per heavy atom. The number of carbonyl (C=O) groups excluding carboxylic acids is 3. The van der Waals surface area contributed by atoms with Gasteiger partial charge in [-0.25, -0.2) is 0 Å². The molecule has 1 saturated carbocycles. The number of fused-ring (bicyclic) bond motifs is 5. The molecule has 8 heteroatoms. The van der Waals surface area contributed by atoms with Crippen molar-refractivity contribution in [1.82, 2.24) is 15.1 Å². The predicted molar refractivity (Wildman–Crippen MR) is 91.6 cm³/mol. The quantitative estimate of drug-likeness (QED) is 0.636. The maximum Gasteiger partial charge on any atom is 0.249 e. The van der Waals surface area contributed by atoms with Gasteiger partial charge in [-0.15, -0.1) is 10.2 Å². The van der Waals surface area contributed by atoms with Crippen LogP contribution >= 0.6 is 11.3 Å². The molecule has 2 aliphatic carbocycles. The number of nitrogens with zero attached hydrogens (tertiary/aromatic N) is 3. The number of anilines is 1. The molecular weight excluding hydrogens is 340 g/mol. The van der Waals surface area contributed by atoms with Gasteiger partial charge >= 0.3 is 0 Å². The summed E-state index contributed by atoms with van der Waals surface area (Å²) in [6.45, 7) is 3.64. The third kappa shape index (κ3) is 2.50. The molecule has 1 saturated heterocycles. The lowest BCUT2D eigenvalue weighted by molar-refractivity contribution is -0.146. The van der Waals surface area contributed by atoms with Crippen molar-refractivity contribution in [3.8, 4) is 0 Å². The third-order valence-electron chi connectivity index (χ3n) is 5.43. The van der Waals surface area contributed by atoms with E-state index in [9.17, 15) is 14.4 Å². The Bertz CT molecular complexity index is 744. The monoisotopic (exact) mass is 360 g/mol. The Hall–Kier alpha value is -2.09. The Morgan fingerprint density at radius 3 is 2.52 bits per heavy atom. The van der Waals surface area contributed by atoms with Gasteiger partial charge in [-0.1, -0.05) is 30.4 Å². The first-order valence-corrected chi connectivity index (χ1v) is 9.51. The highest BCUT2D eigenvalue weighted by molar-refractivity contribution is 7.15. The molecule has 1 N–H and O–H groups in total. The number of allylic oxidation sites excluding steroid dienone is 2. The predicted octanol–water partition coefficient (Wildman–Crippen LogP) is 1.62. The van der Waals surface area contributed by atoms with Crippen LogP contribution in [0.15, 0.2) is 12.2 Å². The molecule has 25 heavy (non-hydrogen) atoms. The van der Waals surface area contributed by atoms with Crippen molar-refractivity contribution in [3.05, 3.63) is 17.2 Å². The van der Waals surface area contributed by atoms with E-state index >= 15 is 0 Å². The zero-order valence-electron chi connectivity index (χ0n) is 14.1. The number of hydrogen-bond donors (Lipinski definition) is 1. The number of rotatable bonds is 5. The number of imide groups is 1. The van der Waals surface area contributed by atoms with Crippen molar-refractivity contribution in [2.75, 3.05) is 5.32 Å². The molecule has 2 bridgehead atoms. The second-order valence-corrected chi connectivity index (χ2v) is 8.02. The second-order valence-electron chi connectivity index (χ2n) is 6.96. The Balaban J connectivity index is 1.47. The molecule has 0 unspecified atom stereocenters. The van der Waals surface area contributed by atoms with Gasteiger partial charge in [0, 0.05) is 6.42 Å². The molecule has 1 aromatic heterocycles. The summed E-state index contributed by atoms with van der Waals surface area (Å²) in [5.74, 6) is -1.10. The van der Waals surface area contributed by atoms with E-state index in [0.717, 1.165) is 29.2 Å². The van der Waals surface area contributed by atoms with Gasteiger partial charge in [0.25, 0.3) is 0 Å². The number of aryl methyl sites for hydroxylation is 1. The van der Waals surface area contributed by atoms with Crippen molar-refractivity contribution in [2.24, 2.45) is 23.7 Å². The molecule has 4 rings (SSSR count). The highest BCUT2D eigenvalue weighted by Crippen LogP contribution is 2.52. The minimum Gasteiger partial charge on any atom is -0.299 e. The second kappa shape index (κ2) is 6.01. The molecule has 0 aromatic carbocycles. The van der Waals surface area contributed by atoms with E-state index in [4.69, 9.17) is 0 Å². The highest BCUT2D eigenvalue weighted by atomic mass is 32.1. The zero-order chi connectivity index (χ0) is 17.7. The molecule has 3 aliphatic rings. The summed E-state index contributed by atoms with van der Waals surface area (Å²) < 4.78 is 0. The van der Waals surface area contributed by atoms with Gasteiger partial charge in [0.2, 0.25) is 22.9 Å². The third-order valence-corrected chi connectivity index (χ3v) is 6.33. The number of carbonyl (C=O) groups is 3. The molecule has 5 atom stereocenters. The lowest BCUT2D eigenvalue weighted by atomic mass is 9.85. The molecule has 2 fully saturated rings. The van der Waals surface area contributed by atoms with Crippen LogP contribution in [0.5, 0.6) is 0 Å². The van der Waals surface area contributed by atoms with E-state index in [0.29, 0.717) is 5.13 Å². The summed E-state index contributed by atoms with van der Waals surface area (Å²) in [5, 5.41) is 11.9. The average molecular weight is 360 g/mol. The van der Waals surface area contributed by atoms with Gasteiger partial charge in [0.05, 0.1) is 11.8 Å². The van der Waals surface area contributed by atoms with Gasteiger partial charge in [0.15, 0.2) is 0 Å². The van der Waals surface area contributed by atoms with Gasteiger partial charge in [-0.2, -0.15) is 0 Å². The molecule has 1 aliphatic heterocycles. The fraction of sp³-hybridized carbons (Fsp3) is 0.588. The number of amides is 3. The molecule has 3 amide bonds. The number of hydrogen-bond acceptors (Lipinski definition) is 6. The van der Waals surface area contributed by atoms with Crippen molar-refractivity contribution in [2.45, 2.75) is 39.2 Å². The summed E-state index contributed by atoms with van der Waals surface area (Å²) in [7, 11) is 0. The smallest absolute Gasteiger partial charge is 0.249 e. The molecule has 2 heterocycles. The van der Waals surface area contributed by atoms with Crippen LogP contribution in [0, 0.1) is 23.7 Å². The van der Waals surface area contributed by atoms with Crippen LogP contribution in [0.4, 0.5) is 5.13 Å². The highest BCUT2D eigenvalue weighted by Gasteiger charge is 2.60. The van der Waals surface area contributed by atoms with E-state index in [-0.39, 0.29) is 35.5 Å². The normalized spacial score (nSPS) is 30.9. The molecule has 132 valence electrons. The summed E-state index contributed by atoms with van der Waals surface area (Å²) in [5.41, 5.74) is 0. The number of nitrogens with one attached hydrogen (secondary N) is 1. The van der Waals surface area contributed by atoms with Crippen molar-refractivity contribution in [3.63, 3.8) is 0 Å². The Labute approximate surface area is 149 Å². The van der Waals surface area contributed by atoms with Gasteiger partial charge in [-0.3, -0.25) is 24.6 Å². The Morgan fingerprint density at radius 1 is 1.28 bits per heavy atom. The minimum atomic E-state index is -0.844. The molecule has 7 nitrogen and oxygen atoms in total. The zero-order valence-corrected chi connectivity index (χ0v) is 15.0. The molecule has 1 aromatic rings. The first-order chi connectivity index (χ1) is 12.0. The minimum absolute atomic E-state index is 0.145. The van der Waals surface area contributed by atoms with Crippen LogP contribution in [0.1, 0.15) is 31.7 Å². The van der Waals surface area contributed by atoms with Gasteiger partial charge in [0.1, 0.15) is 11.0 Å². The lowest BCUT2D eigenvalue weighted by Gasteiger charge is -2.23. The summed E-state index contributed by atoms with van der Waals surface area (Å²) in [6.07, 6.45) is 6.73. The standard InChI is InChI=1S/C17H20N4O3S/c1-3-4-11-19-20-17(25-11)18-14(22)8(2)21-15(23)12-9-5-6-10(7-9)13(12)16(21)24/h5-6,8-10,12-13H,3-4,7H2,1-2H3,(H,18,20,22)/t8-,9-,10-,12-,13+/m0/s1. The number of aromatic nitrogens is 2. The van der Waals surface area contributed by atoms with E-state index in [1.165, 1.54) is 11.3 Å². The SMILES string of the molecule is CCCc1nnc(NC(=O)[C@H](C)N2C(=O)[C@@H]3[C@H](C2=O)[C@H]2C=C[C@H]3C2)s1. The fourth-order valence-electron chi connectivity index (χ4n) is 4.25. The molecule has 0 spiro atoms. The van der Waals surface area contributed by atoms with Crippen LogP contribution in [-0.4, -0.2) is 38.9 Å². The van der Waals surface area contributed by atoms with E-state index in [1.54, 1.807) is 6.92 Å². The first kappa shape index (κ1) is 16.4. The van der Waals surface area contributed by atoms with Crippen LogP contribution in [-0.2, 0) is 20.8 Å². The maximum absolute atomic E-state index is 12.7. The first-order valence-electron chi connectivity index (χ1n) is 8.69. The van der Waals surface area contributed by atoms with Crippen molar-refractivity contribution >= 4 is 34.2 Å². The maximum atomic E-state index is 12.7. The van der Waals surface area contributed by atoms with Crippen LogP contribution in [0.25, 0.3) is 0 Å².